The maximum Gasteiger partial charge on any atom is 0.196 e. The molecule has 2 aromatic rings. The number of hydrogen-bond donors (Lipinski definition) is 1. The number of aryl methyl sites for hydroxylation is 2. The molecule has 0 aliphatic carbocycles. The zero-order valence-electron chi connectivity index (χ0n) is 8.68. The van der Waals surface area contributed by atoms with E-state index in [9.17, 15) is 0 Å². The number of nitrogens with two attached hydrogens (primary N) is 1. The van der Waals surface area contributed by atoms with Crippen LogP contribution < -0.4 is 5.73 Å². The van der Waals surface area contributed by atoms with Gasteiger partial charge in [0, 0.05) is 12.3 Å². The SMILES string of the molecule is Cc1cc(-n2ccc(CCCN)n2)no1. The molecule has 2 aromatic heterocycles. The lowest BCUT2D eigenvalue weighted by molar-refractivity contribution is 0.393. The third-order valence-electron chi connectivity index (χ3n) is 2.13. The van der Waals surface area contributed by atoms with Crippen molar-refractivity contribution in [2.75, 3.05) is 6.54 Å². The van der Waals surface area contributed by atoms with Gasteiger partial charge in [0.15, 0.2) is 5.82 Å². The molecule has 15 heavy (non-hydrogen) atoms. The molecule has 2 N–H and O–H groups in total. The monoisotopic (exact) mass is 206 g/mol. The molecule has 0 amide bonds. The maximum absolute atomic E-state index is 5.44. The van der Waals surface area contributed by atoms with Crippen molar-refractivity contribution < 1.29 is 4.52 Å². The molecule has 80 valence electrons. The van der Waals surface area contributed by atoms with Crippen molar-refractivity contribution in [2.24, 2.45) is 5.73 Å². The summed E-state index contributed by atoms with van der Waals surface area (Å²) in [6.07, 6.45) is 3.73. The Morgan fingerprint density at radius 1 is 1.53 bits per heavy atom. The summed E-state index contributed by atoms with van der Waals surface area (Å²) in [6.45, 7) is 2.55. The van der Waals surface area contributed by atoms with E-state index in [1.165, 1.54) is 0 Å². The highest BCUT2D eigenvalue weighted by Gasteiger charge is 2.04. The van der Waals surface area contributed by atoms with Crippen LogP contribution in [-0.4, -0.2) is 21.5 Å². The summed E-state index contributed by atoms with van der Waals surface area (Å²) in [4.78, 5) is 0. The highest BCUT2D eigenvalue weighted by molar-refractivity contribution is 5.21. The van der Waals surface area contributed by atoms with Gasteiger partial charge < -0.3 is 10.3 Å². The maximum atomic E-state index is 5.44. The van der Waals surface area contributed by atoms with Gasteiger partial charge >= 0.3 is 0 Å². The molecule has 0 saturated carbocycles. The zero-order chi connectivity index (χ0) is 10.7. The van der Waals surface area contributed by atoms with Crippen molar-refractivity contribution in [3.8, 4) is 5.82 Å². The first kappa shape index (κ1) is 9.92. The molecule has 0 aliphatic rings. The predicted molar refractivity (Wildman–Crippen MR) is 55.7 cm³/mol. The molecule has 0 unspecified atom stereocenters. The summed E-state index contributed by atoms with van der Waals surface area (Å²) in [7, 11) is 0. The Labute approximate surface area is 87.9 Å². The van der Waals surface area contributed by atoms with E-state index in [1.807, 2.05) is 25.3 Å². The van der Waals surface area contributed by atoms with E-state index in [4.69, 9.17) is 10.3 Å². The van der Waals surface area contributed by atoms with E-state index in [0.29, 0.717) is 12.4 Å². The molecule has 2 rings (SSSR count). The van der Waals surface area contributed by atoms with Gasteiger partial charge in [0.2, 0.25) is 0 Å². The van der Waals surface area contributed by atoms with Crippen LogP contribution in [0.1, 0.15) is 17.9 Å². The average Bonchev–Trinajstić information content (AvgIpc) is 2.83. The van der Waals surface area contributed by atoms with Crippen LogP contribution in [-0.2, 0) is 6.42 Å². The average molecular weight is 206 g/mol. The van der Waals surface area contributed by atoms with E-state index in [1.54, 1.807) is 4.68 Å². The lowest BCUT2D eigenvalue weighted by atomic mass is 10.2. The van der Waals surface area contributed by atoms with Gasteiger partial charge in [0.25, 0.3) is 0 Å². The van der Waals surface area contributed by atoms with E-state index in [0.717, 1.165) is 24.3 Å². The van der Waals surface area contributed by atoms with Crippen LogP contribution >= 0.6 is 0 Å². The summed E-state index contributed by atoms with van der Waals surface area (Å²) in [6, 6.07) is 3.82. The normalized spacial score (nSPS) is 10.8. The second kappa shape index (κ2) is 4.27. The highest BCUT2D eigenvalue weighted by Crippen LogP contribution is 2.08. The predicted octanol–water partition coefficient (Wildman–Crippen LogP) is 1.06. The van der Waals surface area contributed by atoms with Gasteiger partial charge in [-0.05, 0) is 32.4 Å². The Bertz CT molecular complexity index is 432. The van der Waals surface area contributed by atoms with Crippen LogP contribution in [0.5, 0.6) is 0 Å². The Hall–Kier alpha value is -1.62. The Balaban J connectivity index is 2.13. The van der Waals surface area contributed by atoms with Gasteiger partial charge in [-0.2, -0.15) is 5.10 Å². The van der Waals surface area contributed by atoms with Crippen molar-refractivity contribution in [1.29, 1.82) is 0 Å². The fraction of sp³-hybridized carbons (Fsp3) is 0.400. The Morgan fingerprint density at radius 2 is 2.40 bits per heavy atom. The minimum absolute atomic E-state index is 0.690. The van der Waals surface area contributed by atoms with Crippen molar-refractivity contribution in [3.05, 3.63) is 29.8 Å². The third kappa shape index (κ3) is 2.24. The molecule has 0 radical (unpaired) electrons. The molecule has 0 spiro atoms. The number of aromatic nitrogens is 3. The van der Waals surface area contributed by atoms with Crippen LogP contribution in [0.25, 0.3) is 5.82 Å². The van der Waals surface area contributed by atoms with E-state index < -0.39 is 0 Å². The van der Waals surface area contributed by atoms with Crippen molar-refractivity contribution >= 4 is 0 Å². The second-order valence-corrected chi connectivity index (χ2v) is 3.44. The quantitative estimate of drug-likeness (QED) is 0.812. The molecule has 0 atom stereocenters. The summed E-state index contributed by atoms with van der Waals surface area (Å²) in [5.74, 6) is 1.50. The summed E-state index contributed by atoms with van der Waals surface area (Å²) >= 11 is 0. The van der Waals surface area contributed by atoms with E-state index >= 15 is 0 Å². The topological polar surface area (TPSA) is 69.9 Å². The van der Waals surface area contributed by atoms with Crippen molar-refractivity contribution in [3.63, 3.8) is 0 Å². The van der Waals surface area contributed by atoms with Crippen molar-refractivity contribution in [2.45, 2.75) is 19.8 Å². The zero-order valence-corrected chi connectivity index (χ0v) is 8.68. The minimum Gasteiger partial charge on any atom is -0.359 e. The number of hydrogen-bond acceptors (Lipinski definition) is 4. The summed E-state index contributed by atoms with van der Waals surface area (Å²) in [5.41, 5.74) is 6.46. The largest absolute Gasteiger partial charge is 0.359 e. The van der Waals surface area contributed by atoms with Crippen LogP contribution in [0.2, 0.25) is 0 Å². The van der Waals surface area contributed by atoms with Gasteiger partial charge in [-0.15, -0.1) is 0 Å². The van der Waals surface area contributed by atoms with Gasteiger partial charge in [0.1, 0.15) is 5.76 Å². The Morgan fingerprint density at radius 3 is 3.07 bits per heavy atom. The fourth-order valence-electron chi connectivity index (χ4n) is 1.37. The molecule has 0 fully saturated rings. The molecule has 5 heteroatoms. The van der Waals surface area contributed by atoms with Gasteiger partial charge in [-0.3, -0.25) is 0 Å². The first-order valence-electron chi connectivity index (χ1n) is 4.98. The molecular weight excluding hydrogens is 192 g/mol. The van der Waals surface area contributed by atoms with Gasteiger partial charge in [-0.1, -0.05) is 5.16 Å². The molecular formula is C10H14N4O. The molecule has 5 nitrogen and oxygen atoms in total. The number of rotatable bonds is 4. The second-order valence-electron chi connectivity index (χ2n) is 3.44. The first-order valence-corrected chi connectivity index (χ1v) is 4.98. The molecule has 0 aliphatic heterocycles. The highest BCUT2D eigenvalue weighted by atomic mass is 16.5. The molecule has 2 heterocycles. The Kier molecular flexibility index (Phi) is 2.82. The third-order valence-corrected chi connectivity index (χ3v) is 2.13. The van der Waals surface area contributed by atoms with Gasteiger partial charge in [0.05, 0.1) is 5.69 Å². The van der Waals surface area contributed by atoms with Gasteiger partial charge in [-0.25, -0.2) is 4.68 Å². The first-order chi connectivity index (χ1) is 7.29. The van der Waals surface area contributed by atoms with E-state index in [-0.39, 0.29) is 0 Å². The fourth-order valence-corrected chi connectivity index (χ4v) is 1.37. The smallest absolute Gasteiger partial charge is 0.196 e. The standard InChI is InChI=1S/C10H14N4O/c1-8-7-10(13-15-8)14-6-4-9(12-14)3-2-5-11/h4,6-7H,2-3,5,11H2,1H3. The molecule has 0 bridgehead atoms. The lowest BCUT2D eigenvalue weighted by Crippen LogP contribution is -2.01. The summed E-state index contributed by atoms with van der Waals surface area (Å²) in [5, 5.41) is 8.25. The molecule has 0 aromatic carbocycles. The lowest BCUT2D eigenvalue weighted by Gasteiger charge is -1.93. The van der Waals surface area contributed by atoms with Crippen molar-refractivity contribution in [1.82, 2.24) is 14.9 Å². The van der Waals surface area contributed by atoms with Crippen LogP contribution in [0.3, 0.4) is 0 Å². The van der Waals surface area contributed by atoms with Crippen LogP contribution in [0.4, 0.5) is 0 Å². The van der Waals surface area contributed by atoms with Crippen LogP contribution in [0.15, 0.2) is 22.9 Å². The molecule has 0 saturated heterocycles. The van der Waals surface area contributed by atoms with Crippen LogP contribution in [0, 0.1) is 6.92 Å². The number of nitrogens with zero attached hydrogens (tertiary/aromatic N) is 3. The van der Waals surface area contributed by atoms with E-state index in [2.05, 4.69) is 10.3 Å². The summed E-state index contributed by atoms with van der Waals surface area (Å²) < 4.78 is 6.69. The minimum atomic E-state index is 0.690.